The van der Waals surface area contributed by atoms with Gasteiger partial charge in [0, 0.05) is 29.0 Å². The molecule has 0 saturated heterocycles. The molecule has 1 unspecified atom stereocenters. The number of halogens is 1. The summed E-state index contributed by atoms with van der Waals surface area (Å²) in [6, 6.07) is 8.57. The third-order valence-corrected chi connectivity index (χ3v) is 3.33. The quantitative estimate of drug-likeness (QED) is 0.873. The number of hydrogen-bond donors (Lipinski definition) is 2. The molecule has 1 atom stereocenters. The Morgan fingerprint density at radius 3 is 2.56 bits per heavy atom. The second kappa shape index (κ2) is 5.80. The van der Waals surface area contributed by atoms with E-state index < -0.39 is 0 Å². The first-order chi connectivity index (χ1) is 7.43. The lowest BCUT2D eigenvalue weighted by Gasteiger charge is -2.27. The van der Waals surface area contributed by atoms with E-state index in [1.165, 1.54) is 10.0 Å². The summed E-state index contributed by atoms with van der Waals surface area (Å²) < 4.78 is 1.17. The third-order valence-electron chi connectivity index (χ3n) is 2.64. The molecule has 1 aromatic carbocycles. The molecule has 0 aliphatic rings. The van der Waals surface area contributed by atoms with Gasteiger partial charge < -0.3 is 11.1 Å². The van der Waals surface area contributed by atoms with Crippen LogP contribution in [0.4, 0.5) is 0 Å². The molecule has 16 heavy (non-hydrogen) atoms. The molecule has 90 valence electrons. The standard InChI is InChI=1S/C13H21BrN2/c1-10(15)8-16-9-13(2,3)11-6-4-5-7-12(11)14/h4-7,10,16H,8-9,15H2,1-3H3. The Hall–Kier alpha value is -0.380. The first kappa shape index (κ1) is 13.7. The molecule has 0 spiro atoms. The van der Waals surface area contributed by atoms with E-state index >= 15 is 0 Å². The molecule has 0 aromatic heterocycles. The van der Waals surface area contributed by atoms with E-state index in [9.17, 15) is 0 Å². The third kappa shape index (κ3) is 3.89. The number of benzene rings is 1. The summed E-state index contributed by atoms with van der Waals surface area (Å²) in [6.07, 6.45) is 0. The Labute approximate surface area is 107 Å². The Morgan fingerprint density at radius 1 is 1.38 bits per heavy atom. The van der Waals surface area contributed by atoms with Crippen molar-refractivity contribution in [3.63, 3.8) is 0 Å². The van der Waals surface area contributed by atoms with Gasteiger partial charge in [0.25, 0.3) is 0 Å². The monoisotopic (exact) mass is 284 g/mol. The highest BCUT2D eigenvalue weighted by Crippen LogP contribution is 2.29. The van der Waals surface area contributed by atoms with Crippen LogP contribution in [0.3, 0.4) is 0 Å². The molecule has 0 radical (unpaired) electrons. The number of nitrogens with two attached hydrogens (primary N) is 1. The van der Waals surface area contributed by atoms with Crippen LogP contribution in [-0.4, -0.2) is 19.1 Å². The SMILES string of the molecule is CC(N)CNCC(C)(C)c1ccccc1Br. The molecule has 0 amide bonds. The zero-order chi connectivity index (χ0) is 12.2. The molecular formula is C13H21BrN2. The van der Waals surface area contributed by atoms with Crippen LogP contribution >= 0.6 is 15.9 Å². The summed E-state index contributed by atoms with van der Waals surface area (Å²) in [5.74, 6) is 0. The van der Waals surface area contributed by atoms with Crippen molar-refractivity contribution < 1.29 is 0 Å². The van der Waals surface area contributed by atoms with Crippen molar-refractivity contribution in [2.45, 2.75) is 32.2 Å². The largest absolute Gasteiger partial charge is 0.327 e. The van der Waals surface area contributed by atoms with Crippen LogP contribution in [0.15, 0.2) is 28.7 Å². The van der Waals surface area contributed by atoms with E-state index in [-0.39, 0.29) is 11.5 Å². The predicted molar refractivity (Wildman–Crippen MR) is 73.7 cm³/mol. The molecule has 0 saturated carbocycles. The molecule has 3 N–H and O–H groups in total. The molecule has 3 heteroatoms. The first-order valence-corrected chi connectivity index (χ1v) is 6.44. The van der Waals surface area contributed by atoms with Crippen LogP contribution < -0.4 is 11.1 Å². The molecule has 1 aromatic rings. The van der Waals surface area contributed by atoms with Gasteiger partial charge in [-0.15, -0.1) is 0 Å². The van der Waals surface area contributed by atoms with Crippen molar-refractivity contribution >= 4 is 15.9 Å². The topological polar surface area (TPSA) is 38.0 Å². The highest BCUT2D eigenvalue weighted by atomic mass is 79.9. The van der Waals surface area contributed by atoms with E-state index in [0.717, 1.165) is 13.1 Å². The molecule has 1 rings (SSSR count). The maximum atomic E-state index is 5.72. The van der Waals surface area contributed by atoms with Gasteiger partial charge in [-0.2, -0.15) is 0 Å². The van der Waals surface area contributed by atoms with E-state index in [2.05, 4.69) is 53.3 Å². The molecule has 0 aliphatic heterocycles. The van der Waals surface area contributed by atoms with E-state index in [1.54, 1.807) is 0 Å². The van der Waals surface area contributed by atoms with Crippen LogP contribution in [0.5, 0.6) is 0 Å². The lowest BCUT2D eigenvalue weighted by atomic mass is 9.84. The van der Waals surface area contributed by atoms with Gasteiger partial charge in [0.2, 0.25) is 0 Å². The average molecular weight is 285 g/mol. The Kier molecular flexibility index (Phi) is 4.96. The minimum absolute atomic E-state index is 0.106. The highest BCUT2D eigenvalue weighted by molar-refractivity contribution is 9.10. The van der Waals surface area contributed by atoms with Crippen LogP contribution in [0, 0.1) is 0 Å². The fraction of sp³-hybridized carbons (Fsp3) is 0.538. The average Bonchev–Trinajstić information content (AvgIpc) is 2.17. The molecule has 0 fully saturated rings. The normalized spacial score (nSPS) is 13.8. The van der Waals surface area contributed by atoms with E-state index in [1.807, 2.05) is 13.0 Å². The van der Waals surface area contributed by atoms with Crippen LogP contribution in [-0.2, 0) is 5.41 Å². The summed E-state index contributed by atoms with van der Waals surface area (Å²) >= 11 is 3.60. The molecule has 2 nitrogen and oxygen atoms in total. The minimum Gasteiger partial charge on any atom is -0.327 e. The number of rotatable bonds is 5. The van der Waals surface area contributed by atoms with Gasteiger partial charge in [0.05, 0.1) is 0 Å². The second-order valence-corrected chi connectivity index (χ2v) is 5.83. The van der Waals surface area contributed by atoms with Gasteiger partial charge in [-0.1, -0.05) is 48.0 Å². The Bertz CT molecular complexity index is 334. The summed E-state index contributed by atoms with van der Waals surface area (Å²) in [6.45, 7) is 8.27. The van der Waals surface area contributed by atoms with E-state index in [4.69, 9.17) is 5.73 Å². The smallest absolute Gasteiger partial charge is 0.0213 e. The lowest BCUT2D eigenvalue weighted by Crippen LogP contribution is -2.39. The van der Waals surface area contributed by atoms with Crippen molar-refractivity contribution in [1.82, 2.24) is 5.32 Å². The fourth-order valence-corrected chi connectivity index (χ4v) is 2.54. The van der Waals surface area contributed by atoms with E-state index in [0.29, 0.717) is 0 Å². The highest BCUT2D eigenvalue weighted by Gasteiger charge is 2.22. The van der Waals surface area contributed by atoms with Gasteiger partial charge in [0.15, 0.2) is 0 Å². The van der Waals surface area contributed by atoms with Crippen LogP contribution in [0.2, 0.25) is 0 Å². The van der Waals surface area contributed by atoms with Crippen LogP contribution in [0.1, 0.15) is 26.3 Å². The van der Waals surface area contributed by atoms with Gasteiger partial charge >= 0.3 is 0 Å². The maximum Gasteiger partial charge on any atom is 0.0213 e. The van der Waals surface area contributed by atoms with Crippen LogP contribution in [0.25, 0.3) is 0 Å². The zero-order valence-corrected chi connectivity index (χ0v) is 11.8. The lowest BCUT2D eigenvalue weighted by molar-refractivity contribution is 0.457. The first-order valence-electron chi connectivity index (χ1n) is 5.65. The summed E-state index contributed by atoms with van der Waals surface area (Å²) in [5, 5.41) is 3.40. The van der Waals surface area contributed by atoms with Gasteiger partial charge in [-0.25, -0.2) is 0 Å². The van der Waals surface area contributed by atoms with Crippen molar-refractivity contribution in [1.29, 1.82) is 0 Å². The zero-order valence-electron chi connectivity index (χ0n) is 10.3. The van der Waals surface area contributed by atoms with Crippen molar-refractivity contribution in [2.24, 2.45) is 5.73 Å². The van der Waals surface area contributed by atoms with Crippen molar-refractivity contribution in [3.05, 3.63) is 34.3 Å². The Morgan fingerprint density at radius 2 is 2.00 bits per heavy atom. The molecule has 0 heterocycles. The summed E-state index contributed by atoms with van der Waals surface area (Å²) in [5.41, 5.74) is 7.15. The van der Waals surface area contributed by atoms with Crippen molar-refractivity contribution in [2.75, 3.05) is 13.1 Å². The fourth-order valence-electron chi connectivity index (χ4n) is 1.72. The number of hydrogen-bond acceptors (Lipinski definition) is 2. The molecule has 0 aliphatic carbocycles. The number of nitrogens with one attached hydrogen (secondary N) is 1. The van der Waals surface area contributed by atoms with Gasteiger partial charge in [0.1, 0.15) is 0 Å². The Balaban J connectivity index is 2.66. The maximum absolute atomic E-state index is 5.72. The minimum atomic E-state index is 0.106. The second-order valence-electron chi connectivity index (χ2n) is 4.97. The molecular weight excluding hydrogens is 264 g/mol. The van der Waals surface area contributed by atoms with Gasteiger partial charge in [-0.05, 0) is 18.6 Å². The van der Waals surface area contributed by atoms with Gasteiger partial charge in [-0.3, -0.25) is 0 Å². The molecule has 0 bridgehead atoms. The predicted octanol–water partition coefficient (Wildman–Crippen LogP) is 2.66. The summed E-state index contributed by atoms with van der Waals surface area (Å²) in [4.78, 5) is 0. The summed E-state index contributed by atoms with van der Waals surface area (Å²) in [7, 11) is 0. The van der Waals surface area contributed by atoms with Crippen molar-refractivity contribution in [3.8, 4) is 0 Å².